The van der Waals surface area contributed by atoms with Gasteiger partial charge in [-0.1, -0.05) is 29.8 Å². The van der Waals surface area contributed by atoms with E-state index < -0.39 is 0 Å². The summed E-state index contributed by atoms with van der Waals surface area (Å²) < 4.78 is 7.31. The SMILES string of the molecule is O=Nc1c(O)n(CCCOc2ccc(Cl)cc2)c2ccccc12. The van der Waals surface area contributed by atoms with E-state index in [4.69, 9.17) is 16.3 Å². The van der Waals surface area contributed by atoms with Crippen molar-refractivity contribution in [1.82, 2.24) is 4.57 Å². The van der Waals surface area contributed by atoms with Gasteiger partial charge in [0.1, 0.15) is 5.75 Å². The van der Waals surface area contributed by atoms with Gasteiger partial charge in [-0.15, -0.1) is 4.91 Å². The number of rotatable bonds is 6. The summed E-state index contributed by atoms with van der Waals surface area (Å²) in [6.45, 7) is 1.01. The van der Waals surface area contributed by atoms with Gasteiger partial charge in [-0.05, 0) is 41.9 Å². The monoisotopic (exact) mass is 330 g/mol. The van der Waals surface area contributed by atoms with E-state index in [0.717, 1.165) is 11.3 Å². The summed E-state index contributed by atoms with van der Waals surface area (Å²) in [6.07, 6.45) is 0.674. The third-order valence-corrected chi connectivity index (χ3v) is 3.87. The predicted molar refractivity (Wildman–Crippen MR) is 90.6 cm³/mol. The van der Waals surface area contributed by atoms with Crippen LogP contribution in [0.3, 0.4) is 0 Å². The number of hydrogen-bond donors (Lipinski definition) is 1. The lowest BCUT2D eigenvalue weighted by atomic mass is 10.2. The summed E-state index contributed by atoms with van der Waals surface area (Å²) >= 11 is 5.82. The lowest BCUT2D eigenvalue weighted by molar-refractivity contribution is 0.298. The summed E-state index contributed by atoms with van der Waals surface area (Å²) in [4.78, 5) is 10.9. The highest BCUT2D eigenvalue weighted by molar-refractivity contribution is 6.30. The maximum Gasteiger partial charge on any atom is 0.222 e. The van der Waals surface area contributed by atoms with Crippen LogP contribution in [0.25, 0.3) is 10.9 Å². The van der Waals surface area contributed by atoms with E-state index in [2.05, 4.69) is 5.18 Å². The first kappa shape index (κ1) is 15.4. The van der Waals surface area contributed by atoms with Crippen LogP contribution in [0.4, 0.5) is 5.69 Å². The number of aromatic nitrogens is 1. The molecule has 1 heterocycles. The number of nitrogens with zero attached hydrogens (tertiary/aromatic N) is 2. The van der Waals surface area contributed by atoms with E-state index >= 15 is 0 Å². The minimum absolute atomic E-state index is 0.0826. The fourth-order valence-electron chi connectivity index (χ4n) is 2.53. The van der Waals surface area contributed by atoms with Crippen molar-refractivity contribution in [2.24, 2.45) is 5.18 Å². The van der Waals surface area contributed by atoms with E-state index in [-0.39, 0.29) is 11.6 Å². The average molecular weight is 331 g/mol. The van der Waals surface area contributed by atoms with Gasteiger partial charge in [-0.25, -0.2) is 0 Å². The zero-order valence-electron chi connectivity index (χ0n) is 12.3. The maximum atomic E-state index is 10.9. The van der Waals surface area contributed by atoms with Crippen LogP contribution in [0.15, 0.2) is 53.7 Å². The van der Waals surface area contributed by atoms with Gasteiger partial charge in [0.25, 0.3) is 0 Å². The lowest BCUT2D eigenvalue weighted by Crippen LogP contribution is -2.04. The first-order chi connectivity index (χ1) is 11.2. The molecule has 3 rings (SSSR count). The van der Waals surface area contributed by atoms with Crippen LogP contribution >= 0.6 is 11.6 Å². The van der Waals surface area contributed by atoms with Crippen molar-refractivity contribution in [2.45, 2.75) is 13.0 Å². The Labute approximate surface area is 138 Å². The topological polar surface area (TPSA) is 63.8 Å². The number of aromatic hydroxyl groups is 1. The fraction of sp³-hybridized carbons (Fsp3) is 0.176. The van der Waals surface area contributed by atoms with Crippen molar-refractivity contribution in [2.75, 3.05) is 6.61 Å². The van der Waals surface area contributed by atoms with Crippen LogP contribution in [-0.2, 0) is 6.54 Å². The van der Waals surface area contributed by atoms with Gasteiger partial charge < -0.3 is 14.4 Å². The molecule has 6 heteroatoms. The Morgan fingerprint density at radius 1 is 1.13 bits per heavy atom. The van der Waals surface area contributed by atoms with Crippen LogP contribution in [0.1, 0.15) is 6.42 Å². The number of para-hydroxylation sites is 1. The minimum Gasteiger partial charge on any atom is -0.494 e. The Morgan fingerprint density at radius 3 is 2.61 bits per heavy atom. The smallest absolute Gasteiger partial charge is 0.222 e. The number of fused-ring (bicyclic) bond motifs is 1. The molecule has 1 N–H and O–H groups in total. The lowest BCUT2D eigenvalue weighted by Gasteiger charge is -2.09. The summed E-state index contributed by atoms with van der Waals surface area (Å²) in [6, 6.07) is 14.4. The molecule has 0 bridgehead atoms. The number of aryl methyl sites for hydroxylation is 1. The highest BCUT2D eigenvalue weighted by Crippen LogP contribution is 2.38. The van der Waals surface area contributed by atoms with Crippen molar-refractivity contribution in [3.05, 3.63) is 58.5 Å². The van der Waals surface area contributed by atoms with Crippen molar-refractivity contribution >= 4 is 28.2 Å². The van der Waals surface area contributed by atoms with Gasteiger partial charge in [0, 0.05) is 17.0 Å². The molecule has 0 atom stereocenters. The number of ether oxygens (including phenoxy) is 1. The largest absolute Gasteiger partial charge is 0.494 e. The van der Waals surface area contributed by atoms with Gasteiger partial charge in [-0.2, -0.15) is 0 Å². The van der Waals surface area contributed by atoms with E-state index in [1.807, 2.05) is 18.2 Å². The second-order valence-electron chi connectivity index (χ2n) is 5.09. The molecule has 0 aliphatic rings. The van der Waals surface area contributed by atoms with Crippen LogP contribution in [0.2, 0.25) is 5.02 Å². The van der Waals surface area contributed by atoms with Crippen molar-refractivity contribution in [3.63, 3.8) is 0 Å². The molecule has 5 nitrogen and oxygen atoms in total. The third-order valence-electron chi connectivity index (χ3n) is 3.62. The zero-order chi connectivity index (χ0) is 16.2. The predicted octanol–water partition coefficient (Wildman–Crippen LogP) is 4.87. The second kappa shape index (κ2) is 6.71. The van der Waals surface area contributed by atoms with E-state index in [0.29, 0.717) is 30.0 Å². The molecule has 0 fully saturated rings. The van der Waals surface area contributed by atoms with Crippen LogP contribution in [-0.4, -0.2) is 16.3 Å². The molecule has 23 heavy (non-hydrogen) atoms. The molecule has 2 aromatic carbocycles. The van der Waals surface area contributed by atoms with Crippen LogP contribution in [0, 0.1) is 4.91 Å². The summed E-state index contributed by atoms with van der Waals surface area (Å²) in [5.74, 6) is 0.638. The summed E-state index contributed by atoms with van der Waals surface area (Å²) in [5, 5.41) is 14.4. The number of halogens is 1. The fourth-order valence-corrected chi connectivity index (χ4v) is 2.66. The molecule has 0 saturated carbocycles. The number of nitroso groups, excluding NO2 is 1. The van der Waals surface area contributed by atoms with Crippen molar-refractivity contribution in [1.29, 1.82) is 0 Å². The van der Waals surface area contributed by atoms with Crippen LogP contribution < -0.4 is 4.74 Å². The quantitative estimate of drug-likeness (QED) is 0.518. The average Bonchev–Trinajstić information content (AvgIpc) is 2.84. The minimum atomic E-state index is -0.104. The molecule has 118 valence electrons. The molecule has 0 amide bonds. The Balaban J connectivity index is 1.69. The summed E-state index contributed by atoms with van der Waals surface area (Å²) in [5.41, 5.74) is 0.866. The van der Waals surface area contributed by atoms with E-state index in [9.17, 15) is 10.0 Å². The first-order valence-corrected chi connectivity index (χ1v) is 7.60. The standard InChI is InChI=1S/C17H15ClN2O3/c18-12-6-8-13(9-7-12)23-11-3-10-20-15-5-2-1-4-14(15)16(19-22)17(20)21/h1-2,4-9,21H,3,10-11H2. The van der Waals surface area contributed by atoms with E-state index in [1.165, 1.54) is 0 Å². The molecular weight excluding hydrogens is 316 g/mol. The van der Waals surface area contributed by atoms with Gasteiger partial charge in [0.05, 0.1) is 12.1 Å². The van der Waals surface area contributed by atoms with Crippen molar-refractivity contribution < 1.29 is 9.84 Å². The Morgan fingerprint density at radius 2 is 1.87 bits per heavy atom. The van der Waals surface area contributed by atoms with Crippen molar-refractivity contribution in [3.8, 4) is 11.6 Å². The van der Waals surface area contributed by atoms with E-state index in [1.54, 1.807) is 34.9 Å². The number of hydrogen-bond acceptors (Lipinski definition) is 4. The second-order valence-corrected chi connectivity index (χ2v) is 5.52. The molecule has 0 radical (unpaired) electrons. The highest BCUT2D eigenvalue weighted by atomic mass is 35.5. The first-order valence-electron chi connectivity index (χ1n) is 7.22. The van der Waals surface area contributed by atoms with Gasteiger partial charge in [0.2, 0.25) is 5.88 Å². The summed E-state index contributed by atoms with van der Waals surface area (Å²) in [7, 11) is 0. The molecule has 0 unspecified atom stereocenters. The molecule has 3 aromatic rings. The van der Waals surface area contributed by atoms with Gasteiger partial charge in [-0.3, -0.25) is 0 Å². The molecular formula is C17H15ClN2O3. The highest BCUT2D eigenvalue weighted by Gasteiger charge is 2.16. The third kappa shape index (κ3) is 3.14. The normalized spacial score (nSPS) is 10.8. The molecule has 0 aliphatic carbocycles. The van der Waals surface area contributed by atoms with Gasteiger partial charge in [0.15, 0.2) is 5.69 Å². The van der Waals surface area contributed by atoms with Gasteiger partial charge >= 0.3 is 0 Å². The zero-order valence-corrected chi connectivity index (χ0v) is 13.0. The molecule has 0 spiro atoms. The Kier molecular flexibility index (Phi) is 4.48. The number of benzene rings is 2. The molecule has 1 aromatic heterocycles. The molecule has 0 aliphatic heterocycles. The maximum absolute atomic E-state index is 10.9. The Hall–Kier alpha value is -2.53. The molecule has 0 saturated heterocycles. The van der Waals surface area contributed by atoms with Crippen LogP contribution in [0.5, 0.6) is 11.6 Å². The Bertz CT molecular complexity index is 828.